The Hall–Kier alpha value is -1.52. The molecule has 1 rings (SSSR count). The standard InChI is InChI=1S/C13H22N2O3.C3H8/c1-3-4-5-6-10-9(2)11(10)8-18-13(17)15-7-12(14)16;1-3-2/h3-4,9-11H,5-8H2,1-2H3,(H2,14,16)(H,15,17);3H2,1-2H3/b4-3-;. The summed E-state index contributed by atoms with van der Waals surface area (Å²) in [6.45, 7) is 8.69. The molecule has 3 atom stereocenters. The van der Waals surface area contributed by atoms with Crippen LogP contribution in [-0.4, -0.2) is 25.2 Å². The van der Waals surface area contributed by atoms with E-state index in [4.69, 9.17) is 10.5 Å². The monoisotopic (exact) mass is 298 g/mol. The van der Waals surface area contributed by atoms with Gasteiger partial charge in [0.1, 0.15) is 0 Å². The molecule has 0 aromatic heterocycles. The molecule has 1 saturated carbocycles. The molecule has 1 fully saturated rings. The summed E-state index contributed by atoms with van der Waals surface area (Å²) in [5.74, 6) is 1.13. The van der Waals surface area contributed by atoms with Crippen molar-refractivity contribution in [1.82, 2.24) is 5.32 Å². The number of primary amides is 1. The number of amides is 2. The van der Waals surface area contributed by atoms with Gasteiger partial charge in [0.2, 0.25) is 5.91 Å². The number of alkyl carbamates (subject to hydrolysis) is 1. The van der Waals surface area contributed by atoms with Crippen LogP contribution in [0.3, 0.4) is 0 Å². The number of carbonyl (C=O) groups is 2. The number of hydrogen-bond donors (Lipinski definition) is 2. The lowest BCUT2D eigenvalue weighted by Crippen LogP contribution is -2.34. The fourth-order valence-electron chi connectivity index (χ4n) is 2.23. The summed E-state index contributed by atoms with van der Waals surface area (Å²) in [6.07, 6.45) is 7.11. The lowest BCUT2D eigenvalue weighted by Gasteiger charge is -2.04. The van der Waals surface area contributed by atoms with Gasteiger partial charge >= 0.3 is 6.09 Å². The molecule has 0 aromatic carbocycles. The number of nitrogens with one attached hydrogen (secondary N) is 1. The predicted octanol–water partition coefficient (Wildman–Crippen LogP) is 2.85. The summed E-state index contributed by atoms with van der Waals surface area (Å²) < 4.78 is 5.05. The van der Waals surface area contributed by atoms with Gasteiger partial charge in [-0.1, -0.05) is 39.3 Å². The molecule has 3 N–H and O–H groups in total. The Labute approximate surface area is 128 Å². The van der Waals surface area contributed by atoms with Crippen LogP contribution in [0.2, 0.25) is 0 Å². The first kappa shape index (κ1) is 19.5. The minimum atomic E-state index is -0.573. The summed E-state index contributed by atoms with van der Waals surface area (Å²) >= 11 is 0. The summed E-state index contributed by atoms with van der Waals surface area (Å²) in [6, 6.07) is 0. The Morgan fingerprint density at radius 3 is 2.43 bits per heavy atom. The molecular weight excluding hydrogens is 268 g/mol. The third-order valence-electron chi connectivity index (χ3n) is 3.48. The molecule has 1 aliphatic rings. The molecule has 5 heteroatoms. The van der Waals surface area contributed by atoms with Gasteiger partial charge in [0.15, 0.2) is 0 Å². The number of allylic oxidation sites excluding steroid dienone is 2. The second kappa shape index (κ2) is 11.2. The fourth-order valence-corrected chi connectivity index (χ4v) is 2.23. The fraction of sp³-hybridized carbons (Fsp3) is 0.750. The minimum Gasteiger partial charge on any atom is -0.449 e. The van der Waals surface area contributed by atoms with Crippen LogP contribution in [0.25, 0.3) is 0 Å². The van der Waals surface area contributed by atoms with Crippen LogP contribution in [0, 0.1) is 17.8 Å². The molecule has 21 heavy (non-hydrogen) atoms. The lowest BCUT2D eigenvalue weighted by molar-refractivity contribution is -0.117. The van der Waals surface area contributed by atoms with E-state index in [0.717, 1.165) is 12.8 Å². The third kappa shape index (κ3) is 9.10. The molecular formula is C16H30N2O3. The summed E-state index contributed by atoms with van der Waals surface area (Å²) in [5.41, 5.74) is 4.91. The molecule has 0 bridgehead atoms. The van der Waals surface area contributed by atoms with Crippen LogP contribution >= 0.6 is 0 Å². The van der Waals surface area contributed by atoms with Crippen molar-refractivity contribution >= 4 is 12.0 Å². The highest BCUT2D eigenvalue weighted by atomic mass is 16.5. The summed E-state index contributed by atoms with van der Waals surface area (Å²) in [5, 5.41) is 2.30. The van der Waals surface area contributed by atoms with Gasteiger partial charge in [-0.3, -0.25) is 4.79 Å². The zero-order valence-electron chi connectivity index (χ0n) is 13.7. The normalized spacial score (nSPS) is 23.1. The highest BCUT2D eigenvalue weighted by Gasteiger charge is 2.46. The van der Waals surface area contributed by atoms with Gasteiger partial charge in [-0.25, -0.2) is 4.79 Å². The average molecular weight is 298 g/mol. The highest BCUT2D eigenvalue weighted by Crippen LogP contribution is 2.48. The van der Waals surface area contributed by atoms with Crippen LogP contribution in [0.4, 0.5) is 4.79 Å². The molecule has 3 unspecified atom stereocenters. The van der Waals surface area contributed by atoms with Gasteiger partial charge in [0.05, 0.1) is 13.2 Å². The Bertz CT molecular complexity index is 342. The SMILES string of the molecule is C/C=C\CCC1C(C)C1COC(=O)NCC(N)=O.CCC. The van der Waals surface area contributed by atoms with Crippen LogP contribution in [0.1, 0.15) is 47.0 Å². The average Bonchev–Trinajstić information content (AvgIpc) is 3.04. The Kier molecular flexibility index (Phi) is 10.4. The quantitative estimate of drug-likeness (QED) is 0.709. The summed E-state index contributed by atoms with van der Waals surface area (Å²) in [4.78, 5) is 21.7. The minimum absolute atomic E-state index is 0.177. The van der Waals surface area contributed by atoms with E-state index in [-0.39, 0.29) is 6.54 Å². The van der Waals surface area contributed by atoms with Crippen molar-refractivity contribution in [2.45, 2.75) is 47.0 Å². The first-order valence-electron chi connectivity index (χ1n) is 7.77. The smallest absolute Gasteiger partial charge is 0.407 e. The van der Waals surface area contributed by atoms with Gasteiger partial charge in [-0.2, -0.15) is 0 Å². The van der Waals surface area contributed by atoms with Crippen molar-refractivity contribution in [3.63, 3.8) is 0 Å². The van der Waals surface area contributed by atoms with Crippen molar-refractivity contribution in [3.05, 3.63) is 12.2 Å². The third-order valence-corrected chi connectivity index (χ3v) is 3.48. The second-order valence-electron chi connectivity index (χ2n) is 5.46. The van der Waals surface area contributed by atoms with Crippen LogP contribution in [-0.2, 0) is 9.53 Å². The summed E-state index contributed by atoms with van der Waals surface area (Å²) in [7, 11) is 0. The van der Waals surface area contributed by atoms with E-state index in [1.165, 1.54) is 6.42 Å². The zero-order valence-corrected chi connectivity index (χ0v) is 13.7. The van der Waals surface area contributed by atoms with E-state index < -0.39 is 12.0 Å². The molecule has 2 amide bonds. The van der Waals surface area contributed by atoms with Gasteiger partial charge in [-0.15, -0.1) is 0 Å². The lowest BCUT2D eigenvalue weighted by atomic mass is 10.2. The van der Waals surface area contributed by atoms with E-state index >= 15 is 0 Å². The van der Waals surface area contributed by atoms with E-state index in [1.807, 2.05) is 6.92 Å². The van der Waals surface area contributed by atoms with Crippen molar-refractivity contribution in [2.75, 3.05) is 13.2 Å². The van der Waals surface area contributed by atoms with E-state index in [2.05, 4.69) is 38.2 Å². The molecule has 0 spiro atoms. The first-order valence-corrected chi connectivity index (χ1v) is 7.77. The maximum Gasteiger partial charge on any atom is 0.407 e. The molecule has 0 aliphatic heterocycles. The molecule has 0 aromatic rings. The van der Waals surface area contributed by atoms with Crippen LogP contribution < -0.4 is 11.1 Å². The zero-order chi connectivity index (χ0) is 16.3. The Balaban J connectivity index is 0.00000122. The number of ether oxygens (including phenoxy) is 1. The van der Waals surface area contributed by atoms with Gasteiger partial charge in [-0.05, 0) is 37.5 Å². The van der Waals surface area contributed by atoms with Crippen LogP contribution in [0.15, 0.2) is 12.2 Å². The number of hydrogen-bond acceptors (Lipinski definition) is 3. The second-order valence-corrected chi connectivity index (χ2v) is 5.46. The molecule has 5 nitrogen and oxygen atoms in total. The largest absolute Gasteiger partial charge is 0.449 e. The molecule has 0 heterocycles. The van der Waals surface area contributed by atoms with Crippen molar-refractivity contribution in [1.29, 1.82) is 0 Å². The van der Waals surface area contributed by atoms with E-state index in [9.17, 15) is 9.59 Å². The van der Waals surface area contributed by atoms with E-state index in [1.54, 1.807) is 0 Å². The number of nitrogens with two attached hydrogens (primary N) is 1. The number of rotatable bonds is 7. The van der Waals surface area contributed by atoms with Crippen molar-refractivity contribution in [3.8, 4) is 0 Å². The van der Waals surface area contributed by atoms with Crippen molar-refractivity contribution < 1.29 is 14.3 Å². The topological polar surface area (TPSA) is 81.4 Å². The van der Waals surface area contributed by atoms with Crippen LogP contribution in [0.5, 0.6) is 0 Å². The molecule has 1 aliphatic carbocycles. The molecule has 0 radical (unpaired) electrons. The highest BCUT2D eigenvalue weighted by molar-refractivity contribution is 5.80. The maximum absolute atomic E-state index is 11.2. The van der Waals surface area contributed by atoms with Gasteiger partial charge in [0.25, 0.3) is 0 Å². The maximum atomic E-state index is 11.2. The van der Waals surface area contributed by atoms with E-state index in [0.29, 0.717) is 24.4 Å². The van der Waals surface area contributed by atoms with Gasteiger partial charge < -0.3 is 15.8 Å². The number of carbonyl (C=O) groups excluding carboxylic acids is 2. The van der Waals surface area contributed by atoms with Gasteiger partial charge in [0, 0.05) is 0 Å². The molecule has 122 valence electrons. The van der Waals surface area contributed by atoms with Crippen molar-refractivity contribution in [2.24, 2.45) is 23.5 Å². The Morgan fingerprint density at radius 2 is 1.90 bits per heavy atom. The Morgan fingerprint density at radius 1 is 1.29 bits per heavy atom. The first-order chi connectivity index (χ1) is 9.97. The molecule has 0 saturated heterocycles. The predicted molar refractivity (Wildman–Crippen MR) is 84.7 cm³/mol.